The van der Waals surface area contributed by atoms with Gasteiger partial charge in [-0.1, -0.05) is 29.8 Å². The van der Waals surface area contributed by atoms with Gasteiger partial charge in [-0.2, -0.15) is 18.3 Å². The second-order valence-electron chi connectivity index (χ2n) is 5.41. The van der Waals surface area contributed by atoms with Crippen LogP contribution in [0.4, 0.5) is 13.2 Å². The van der Waals surface area contributed by atoms with Crippen LogP contribution in [0, 0.1) is 0 Å². The molecule has 0 saturated carbocycles. The Morgan fingerprint density at radius 2 is 1.89 bits per heavy atom. The molecule has 2 aromatic heterocycles. The number of para-hydroxylation sites is 1. The molecule has 140 valence electrons. The zero-order valence-corrected chi connectivity index (χ0v) is 14.8. The fourth-order valence-electron chi connectivity index (χ4n) is 2.55. The number of pyridine rings is 1. The van der Waals surface area contributed by atoms with E-state index in [4.69, 9.17) is 16.3 Å². The minimum absolute atomic E-state index is 0.0784. The molecule has 3 rings (SSSR count). The summed E-state index contributed by atoms with van der Waals surface area (Å²) in [5.41, 5.74) is -1.70. The van der Waals surface area contributed by atoms with E-state index in [2.05, 4.69) is 10.1 Å². The van der Waals surface area contributed by atoms with Crippen molar-refractivity contribution in [1.82, 2.24) is 14.8 Å². The zero-order chi connectivity index (χ0) is 19.6. The maximum atomic E-state index is 13.9. The summed E-state index contributed by atoms with van der Waals surface area (Å²) in [6.07, 6.45) is -3.59. The van der Waals surface area contributed by atoms with E-state index in [1.54, 1.807) is 18.2 Å². The number of hydrogen-bond donors (Lipinski definition) is 0. The molecule has 2 heterocycles. The average molecular weight is 396 g/mol. The van der Waals surface area contributed by atoms with Crippen LogP contribution in [0.5, 0.6) is 0 Å². The molecular weight excluding hydrogens is 383 g/mol. The van der Waals surface area contributed by atoms with Crippen molar-refractivity contribution in [2.75, 3.05) is 6.61 Å². The first kappa shape index (κ1) is 18.9. The van der Waals surface area contributed by atoms with Gasteiger partial charge in [0, 0.05) is 11.8 Å². The number of carbonyl (C=O) groups is 1. The van der Waals surface area contributed by atoms with Crippen LogP contribution in [-0.2, 0) is 10.9 Å². The Morgan fingerprint density at radius 3 is 2.44 bits per heavy atom. The predicted molar refractivity (Wildman–Crippen MR) is 92.8 cm³/mol. The molecule has 0 bridgehead atoms. The van der Waals surface area contributed by atoms with Crippen molar-refractivity contribution in [2.45, 2.75) is 13.1 Å². The van der Waals surface area contributed by atoms with E-state index in [0.717, 1.165) is 0 Å². The van der Waals surface area contributed by atoms with E-state index in [-0.39, 0.29) is 28.7 Å². The normalized spacial score (nSPS) is 11.4. The number of rotatable bonds is 4. The molecule has 3 aromatic rings. The standard InChI is InChI=1S/C18H13ClF3N3O2/c1-2-27-17(26)14-15(11-8-9-13(19)23-10-11)24-25(16(14)18(20,21)22)12-6-4-3-5-7-12/h3-10H,2H2,1H3. The molecule has 0 unspecified atom stereocenters. The lowest BCUT2D eigenvalue weighted by Gasteiger charge is -2.12. The number of halogens is 4. The molecule has 0 N–H and O–H groups in total. The zero-order valence-electron chi connectivity index (χ0n) is 14.0. The van der Waals surface area contributed by atoms with Gasteiger partial charge in [-0.15, -0.1) is 0 Å². The molecule has 0 aliphatic rings. The van der Waals surface area contributed by atoms with Gasteiger partial charge in [0.05, 0.1) is 12.3 Å². The van der Waals surface area contributed by atoms with Gasteiger partial charge in [0.15, 0.2) is 5.69 Å². The van der Waals surface area contributed by atoms with E-state index in [0.29, 0.717) is 4.68 Å². The van der Waals surface area contributed by atoms with Crippen molar-refractivity contribution in [1.29, 1.82) is 0 Å². The minimum atomic E-state index is -4.84. The van der Waals surface area contributed by atoms with Gasteiger partial charge >= 0.3 is 12.1 Å². The van der Waals surface area contributed by atoms with Crippen LogP contribution in [0.25, 0.3) is 16.9 Å². The van der Waals surface area contributed by atoms with Crippen LogP contribution in [0.1, 0.15) is 23.0 Å². The summed E-state index contributed by atoms with van der Waals surface area (Å²) in [4.78, 5) is 16.3. The van der Waals surface area contributed by atoms with E-state index < -0.39 is 23.4 Å². The van der Waals surface area contributed by atoms with Crippen LogP contribution in [0.2, 0.25) is 5.15 Å². The predicted octanol–water partition coefficient (Wildman–Crippen LogP) is 4.78. The topological polar surface area (TPSA) is 57.0 Å². The maximum Gasteiger partial charge on any atom is 0.434 e. The van der Waals surface area contributed by atoms with Crippen LogP contribution >= 0.6 is 11.6 Å². The van der Waals surface area contributed by atoms with Crippen molar-refractivity contribution < 1.29 is 22.7 Å². The third-order valence-electron chi connectivity index (χ3n) is 3.64. The Bertz CT molecular complexity index is 954. The molecule has 0 saturated heterocycles. The van der Waals surface area contributed by atoms with E-state index in [1.165, 1.54) is 37.4 Å². The number of alkyl halides is 3. The Kier molecular flexibility index (Phi) is 5.18. The third kappa shape index (κ3) is 3.80. The molecule has 0 aliphatic carbocycles. The lowest BCUT2D eigenvalue weighted by Crippen LogP contribution is -2.18. The Hall–Kier alpha value is -2.87. The number of hydrogen-bond acceptors (Lipinski definition) is 4. The number of ether oxygens (including phenoxy) is 1. The average Bonchev–Trinajstić information content (AvgIpc) is 3.04. The highest BCUT2D eigenvalue weighted by molar-refractivity contribution is 6.29. The lowest BCUT2D eigenvalue weighted by atomic mass is 10.1. The van der Waals surface area contributed by atoms with E-state index >= 15 is 0 Å². The van der Waals surface area contributed by atoms with Gasteiger partial charge in [-0.25, -0.2) is 14.5 Å². The largest absolute Gasteiger partial charge is 0.462 e. The Morgan fingerprint density at radius 1 is 1.19 bits per heavy atom. The van der Waals surface area contributed by atoms with Crippen molar-refractivity contribution in [3.8, 4) is 16.9 Å². The molecule has 0 fully saturated rings. The smallest absolute Gasteiger partial charge is 0.434 e. The number of aromatic nitrogens is 3. The first-order chi connectivity index (χ1) is 12.8. The molecule has 0 atom stereocenters. The molecule has 0 amide bonds. The Labute approximate surface area is 157 Å². The quantitative estimate of drug-likeness (QED) is 0.471. The molecule has 9 heteroatoms. The van der Waals surface area contributed by atoms with Gasteiger partial charge in [-0.3, -0.25) is 0 Å². The fourth-order valence-corrected chi connectivity index (χ4v) is 2.66. The summed E-state index contributed by atoms with van der Waals surface area (Å²) < 4.78 is 47.2. The highest BCUT2D eigenvalue weighted by atomic mass is 35.5. The van der Waals surface area contributed by atoms with Crippen LogP contribution in [-0.4, -0.2) is 27.3 Å². The Balaban J connectivity index is 2.34. The second kappa shape index (κ2) is 7.40. The van der Waals surface area contributed by atoms with Crippen molar-refractivity contribution in [3.05, 3.63) is 65.1 Å². The highest BCUT2D eigenvalue weighted by Gasteiger charge is 2.43. The van der Waals surface area contributed by atoms with Gasteiger partial charge in [0.25, 0.3) is 0 Å². The second-order valence-corrected chi connectivity index (χ2v) is 5.79. The first-order valence-corrected chi connectivity index (χ1v) is 8.25. The van der Waals surface area contributed by atoms with E-state index in [9.17, 15) is 18.0 Å². The highest BCUT2D eigenvalue weighted by Crippen LogP contribution is 2.38. The van der Waals surface area contributed by atoms with Crippen molar-refractivity contribution >= 4 is 17.6 Å². The summed E-state index contributed by atoms with van der Waals surface area (Å²) in [5.74, 6) is -1.11. The third-order valence-corrected chi connectivity index (χ3v) is 3.86. The van der Waals surface area contributed by atoms with Crippen molar-refractivity contribution in [2.24, 2.45) is 0 Å². The molecule has 1 aromatic carbocycles. The summed E-state index contributed by atoms with van der Waals surface area (Å²) in [7, 11) is 0. The maximum absolute atomic E-state index is 13.9. The number of esters is 1. The summed E-state index contributed by atoms with van der Waals surface area (Å²) in [6.45, 7) is 1.43. The molecule has 0 spiro atoms. The summed E-state index contributed by atoms with van der Waals surface area (Å²) >= 11 is 5.75. The summed E-state index contributed by atoms with van der Waals surface area (Å²) in [6, 6.07) is 10.6. The van der Waals surface area contributed by atoms with Crippen LogP contribution in [0.15, 0.2) is 48.7 Å². The minimum Gasteiger partial charge on any atom is -0.462 e. The molecule has 5 nitrogen and oxygen atoms in total. The molecule has 0 radical (unpaired) electrons. The first-order valence-electron chi connectivity index (χ1n) is 7.87. The number of nitrogens with zero attached hydrogens (tertiary/aromatic N) is 3. The molecular formula is C18H13ClF3N3O2. The SMILES string of the molecule is CCOC(=O)c1c(-c2ccc(Cl)nc2)nn(-c2ccccc2)c1C(F)(F)F. The fraction of sp³-hybridized carbons (Fsp3) is 0.167. The van der Waals surface area contributed by atoms with Crippen LogP contribution in [0.3, 0.4) is 0 Å². The molecule has 27 heavy (non-hydrogen) atoms. The van der Waals surface area contributed by atoms with Crippen LogP contribution < -0.4 is 0 Å². The number of benzene rings is 1. The molecule has 0 aliphatic heterocycles. The van der Waals surface area contributed by atoms with Gasteiger partial charge < -0.3 is 4.74 Å². The van der Waals surface area contributed by atoms with Gasteiger partial charge in [0.1, 0.15) is 16.4 Å². The van der Waals surface area contributed by atoms with Gasteiger partial charge in [-0.05, 0) is 31.2 Å². The number of carbonyl (C=O) groups excluding carboxylic acids is 1. The monoisotopic (exact) mass is 395 g/mol. The lowest BCUT2D eigenvalue weighted by molar-refractivity contribution is -0.143. The van der Waals surface area contributed by atoms with Gasteiger partial charge in [0.2, 0.25) is 0 Å². The van der Waals surface area contributed by atoms with E-state index in [1.807, 2.05) is 0 Å². The summed E-state index contributed by atoms with van der Waals surface area (Å²) in [5, 5.41) is 4.22. The van der Waals surface area contributed by atoms with Crippen molar-refractivity contribution in [3.63, 3.8) is 0 Å².